The number of likely N-dealkylation sites (tertiary alicyclic amines) is 1. The number of carbonyl (C=O) groups is 2. The fourth-order valence-corrected chi connectivity index (χ4v) is 2.14. The van der Waals surface area contributed by atoms with Crippen molar-refractivity contribution in [3.05, 3.63) is 29.6 Å². The van der Waals surface area contributed by atoms with Gasteiger partial charge in [0.1, 0.15) is 11.6 Å². The monoisotopic (exact) mass is 282 g/mol. The summed E-state index contributed by atoms with van der Waals surface area (Å²) in [6.07, 6.45) is 0.0527. The van der Waals surface area contributed by atoms with Crippen LogP contribution in [0.4, 0.5) is 9.18 Å². The number of benzene rings is 1. The zero-order valence-corrected chi connectivity index (χ0v) is 10.9. The summed E-state index contributed by atoms with van der Waals surface area (Å²) in [5.74, 6) is -1.39. The summed E-state index contributed by atoms with van der Waals surface area (Å²) in [4.78, 5) is 24.8. The van der Waals surface area contributed by atoms with E-state index in [4.69, 9.17) is 0 Å². The quantitative estimate of drug-likeness (QED) is 0.851. The topological polar surface area (TPSA) is 78.9 Å². The third-order valence-electron chi connectivity index (χ3n) is 3.17. The molecule has 1 aromatic carbocycles. The van der Waals surface area contributed by atoms with E-state index in [1.54, 1.807) is 0 Å². The Morgan fingerprint density at radius 1 is 1.50 bits per heavy atom. The van der Waals surface area contributed by atoms with Gasteiger partial charge in [0, 0.05) is 19.2 Å². The molecule has 7 heteroatoms. The van der Waals surface area contributed by atoms with Crippen molar-refractivity contribution < 1.29 is 23.8 Å². The van der Waals surface area contributed by atoms with Crippen molar-refractivity contribution in [3.63, 3.8) is 0 Å². The Morgan fingerprint density at radius 2 is 2.25 bits per heavy atom. The number of nitrogens with zero attached hydrogens (tertiary/aromatic N) is 1. The summed E-state index contributed by atoms with van der Waals surface area (Å²) in [5.41, 5.74) is 0.0464. The first-order chi connectivity index (χ1) is 9.51. The number of hydrogen-bond acceptors (Lipinski definition) is 4. The van der Waals surface area contributed by atoms with Crippen LogP contribution in [0.3, 0.4) is 0 Å². The van der Waals surface area contributed by atoms with E-state index < -0.39 is 17.8 Å². The fraction of sp³-hybridized carbons (Fsp3) is 0.385. The van der Waals surface area contributed by atoms with Gasteiger partial charge in [-0.3, -0.25) is 4.79 Å². The van der Waals surface area contributed by atoms with E-state index in [9.17, 15) is 19.1 Å². The molecule has 2 N–H and O–H groups in total. The Balaban J connectivity index is 2.02. The number of methoxy groups -OCH3 is 1. The number of halogens is 1. The van der Waals surface area contributed by atoms with Crippen LogP contribution in [0.1, 0.15) is 16.8 Å². The van der Waals surface area contributed by atoms with Gasteiger partial charge in [0.2, 0.25) is 0 Å². The molecule has 1 aromatic rings. The third-order valence-corrected chi connectivity index (χ3v) is 3.17. The average molecular weight is 282 g/mol. The number of rotatable bonds is 2. The van der Waals surface area contributed by atoms with Crippen molar-refractivity contribution in [2.45, 2.75) is 12.5 Å². The van der Waals surface area contributed by atoms with Crippen molar-refractivity contribution in [3.8, 4) is 5.75 Å². The zero-order valence-electron chi connectivity index (χ0n) is 10.9. The van der Waals surface area contributed by atoms with Crippen molar-refractivity contribution in [1.29, 1.82) is 0 Å². The second-order valence-corrected chi connectivity index (χ2v) is 4.53. The van der Waals surface area contributed by atoms with Gasteiger partial charge in [-0.1, -0.05) is 0 Å². The molecule has 1 fully saturated rings. The molecule has 1 atom stereocenters. The lowest BCUT2D eigenvalue weighted by molar-refractivity contribution is 0.0785. The highest BCUT2D eigenvalue weighted by Crippen LogP contribution is 2.22. The molecule has 1 unspecified atom stereocenters. The molecule has 0 spiro atoms. The van der Waals surface area contributed by atoms with Gasteiger partial charge in [0.15, 0.2) is 0 Å². The molecule has 1 saturated heterocycles. The molecular formula is C13H15FN2O4. The largest absolute Gasteiger partial charge is 0.507 e. The van der Waals surface area contributed by atoms with E-state index >= 15 is 0 Å². The minimum Gasteiger partial charge on any atom is -0.507 e. The van der Waals surface area contributed by atoms with E-state index in [1.165, 1.54) is 18.1 Å². The van der Waals surface area contributed by atoms with E-state index in [-0.39, 0.29) is 17.4 Å². The molecule has 6 nitrogen and oxygen atoms in total. The maximum absolute atomic E-state index is 12.9. The van der Waals surface area contributed by atoms with Crippen LogP contribution in [0.15, 0.2) is 18.2 Å². The summed E-state index contributed by atoms with van der Waals surface area (Å²) in [7, 11) is 1.27. The van der Waals surface area contributed by atoms with Crippen LogP contribution in [0.25, 0.3) is 0 Å². The molecule has 0 aromatic heterocycles. The van der Waals surface area contributed by atoms with Gasteiger partial charge in [0.05, 0.1) is 18.7 Å². The molecule has 2 rings (SSSR count). The maximum Gasteiger partial charge on any atom is 0.407 e. The first kappa shape index (κ1) is 14.1. The number of aromatic hydroxyl groups is 1. The van der Waals surface area contributed by atoms with Crippen molar-refractivity contribution in [2.24, 2.45) is 0 Å². The average Bonchev–Trinajstić information content (AvgIpc) is 2.86. The molecule has 0 bridgehead atoms. The molecule has 0 aliphatic carbocycles. The number of carbonyl (C=O) groups excluding carboxylic acids is 2. The highest BCUT2D eigenvalue weighted by molar-refractivity contribution is 5.97. The van der Waals surface area contributed by atoms with Gasteiger partial charge in [-0.2, -0.15) is 0 Å². The number of ether oxygens (including phenoxy) is 1. The molecule has 0 saturated carbocycles. The van der Waals surface area contributed by atoms with Gasteiger partial charge < -0.3 is 20.1 Å². The Morgan fingerprint density at radius 3 is 2.90 bits per heavy atom. The second-order valence-electron chi connectivity index (χ2n) is 4.53. The number of hydrogen-bond donors (Lipinski definition) is 2. The van der Waals surface area contributed by atoms with Crippen LogP contribution in [0, 0.1) is 5.82 Å². The number of nitrogens with one attached hydrogen (secondary N) is 1. The summed E-state index contributed by atoms with van der Waals surface area (Å²) in [6, 6.07) is 3.07. The third kappa shape index (κ3) is 2.98. The number of phenolic OH excluding ortho intramolecular Hbond substituents is 1. The summed E-state index contributed by atoms with van der Waals surface area (Å²) in [6.45, 7) is 0.773. The van der Waals surface area contributed by atoms with Gasteiger partial charge in [-0.05, 0) is 18.6 Å². The van der Waals surface area contributed by atoms with Crippen LogP contribution < -0.4 is 5.32 Å². The predicted molar refractivity (Wildman–Crippen MR) is 67.9 cm³/mol. The van der Waals surface area contributed by atoms with E-state index in [2.05, 4.69) is 10.1 Å². The molecule has 1 heterocycles. The minimum absolute atomic E-state index is 0.0464. The zero-order chi connectivity index (χ0) is 14.7. The van der Waals surface area contributed by atoms with Gasteiger partial charge in [0.25, 0.3) is 5.91 Å². The second kappa shape index (κ2) is 5.77. The number of phenols is 1. The smallest absolute Gasteiger partial charge is 0.407 e. The van der Waals surface area contributed by atoms with Crippen LogP contribution in [-0.2, 0) is 4.74 Å². The van der Waals surface area contributed by atoms with Crippen LogP contribution in [0.2, 0.25) is 0 Å². The summed E-state index contributed by atoms with van der Waals surface area (Å²) in [5, 5.41) is 12.2. The lowest BCUT2D eigenvalue weighted by Gasteiger charge is -2.17. The maximum atomic E-state index is 12.9. The summed E-state index contributed by atoms with van der Waals surface area (Å²) < 4.78 is 17.4. The molecule has 108 valence electrons. The Bertz CT molecular complexity index is 535. The van der Waals surface area contributed by atoms with E-state index in [0.29, 0.717) is 19.5 Å². The van der Waals surface area contributed by atoms with Gasteiger partial charge in [-0.15, -0.1) is 0 Å². The first-order valence-electron chi connectivity index (χ1n) is 6.13. The molecular weight excluding hydrogens is 267 g/mol. The highest BCUT2D eigenvalue weighted by atomic mass is 19.1. The Labute approximate surface area is 115 Å². The molecule has 2 amide bonds. The molecule has 20 heavy (non-hydrogen) atoms. The van der Waals surface area contributed by atoms with Gasteiger partial charge in [-0.25, -0.2) is 9.18 Å². The predicted octanol–water partition coefficient (Wildman–Crippen LogP) is 1.10. The molecule has 1 aliphatic rings. The number of alkyl carbamates (subject to hydrolysis) is 1. The molecule has 0 radical (unpaired) electrons. The van der Waals surface area contributed by atoms with Crippen LogP contribution >= 0.6 is 0 Å². The lowest BCUT2D eigenvalue weighted by Crippen LogP contribution is -2.38. The fourth-order valence-electron chi connectivity index (χ4n) is 2.14. The normalized spacial score (nSPS) is 17.9. The van der Waals surface area contributed by atoms with Crippen molar-refractivity contribution in [1.82, 2.24) is 10.2 Å². The first-order valence-corrected chi connectivity index (χ1v) is 6.13. The van der Waals surface area contributed by atoms with Gasteiger partial charge >= 0.3 is 6.09 Å². The summed E-state index contributed by atoms with van der Waals surface area (Å²) >= 11 is 0. The van der Waals surface area contributed by atoms with E-state index in [0.717, 1.165) is 12.1 Å². The van der Waals surface area contributed by atoms with E-state index in [1.807, 2.05) is 0 Å². The number of amides is 2. The minimum atomic E-state index is -0.606. The molecule has 1 aliphatic heterocycles. The van der Waals surface area contributed by atoms with Crippen LogP contribution in [-0.4, -0.2) is 48.2 Å². The SMILES string of the molecule is COC(=O)NC1CCN(C(=O)c2ccc(F)cc2O)C1. The van der Waals surface area contributed by atoms with Crippen molar-refractivity contribution >= 4 is 12.0 Å². The van der Waals surface area contributed by atoms with Crippen LogP contribution in [0.5, 0.6) is 5.75 Å². The van der Waals surface area contributed by atoms with Crippen molar-refractivity contribution in [2.75, 3.05) is 20.2 Å². The Hall–Kier alpha value is -2.31. The highest BCUT2D eigenvalue weighted by Gasteiger charge is 2.29. The Kier molecular flexibility index (Phi) is 4.07. The standard InChI is InChI=1S/C13H15FN2O4/c1-20-13(19)15-9-4-5-16(7-9)12(18)10-3-2-8(14)6-11(10)17/h2-3,6,9,17H,4-5,7H2,1H3,(H,15,19). The lowest BCUT2D eigenvalue weighted by atomic mass is 10.1.